The molecule has 0 aromatic carbocycles. The minimum atomic E-state index is 1.10. The van der Waals surface area contributed by atoms with Crippen LogP contribution in [0, 0.1) is 0 Å². The first-order valence-corrected chi connectivity index (χ1v) is 26.0. The molecule has 0 saturated carbocycles. The molecule has 0 N–H and O–H groups in total. The van der Waals surface area contributed by atoms with Gasteiger partial charge in [-0.05, 0) is 103 Å². The fourth-order valence-electron chi connectivity index (χ4n) is 7.59. The number of hydrogen-bond donors (Lipinski definition) is 0. The number of unbranched alkanes of at least 4 members (excludes halogenated alkanes) is 9. The molecule has 0 aliphatic heterocycles. The molecular weight excluding hydrogens is 791 g/mol. The SMILES string of the molecule is CCCCCCc1cc(-c2ccc(-c3cc(CCCCCC)c(-c4cc5c(s4)c4sc(-c6cccs6)cc4n5CCCCCC)s3)s2)sc1-c1cccs1. The maximum atomic E-state index is 2.67. The van der Waals surface area contributed by atoms with Crippen LogP contribution in [0.25, 0.3) is 69.2 Å². The molecule has 8 aromatic heterocycles. The maximum Gasteiger partial charge on any atom is 0.0708 e. The Morgan fingerprint density at radius 3 is 1.48 bits per heavy atom. The Morgan fingerprint density at radius 2 is 0.926 bits per heavy atom. The van der Waals surface area contributed by atoms with Gasteiger partial charge in [0.25, 0.3) is 0 Å². The number of aromatic nitrogens is 1. The lowest BCUT2D eigenvalue weighted by atomic mass is 10.1. The Morgan fingerprint density at radius 1 is 0.426 bits per heavy atom. The zero-order valence-corrected chi connectivity index (χ0v) is 37.6. The van der Waals surface area contributed by atoms with Crippen molar-refractivity contribution in [3.05, 3.63) is 82.6 Å². The molecule has 0 spiro atoms. The van der Waals surface area contributed by atoms with Crippen molar-refractivity contribution in [2.75, 3.05) is 0 Å². The standard InChI is InChI=1S/C46H51NS7/c1-4-7-10-13-18-31-27-39(51-43(31)38-21-17-26-49-38)36-22-23-37(50-36)40-28-32(19-14-11-8-5-2)44(52-40)42-30-34-46(54-42)45-33(47(34)24-15-12-9-6-3)29-41(53-45)35-20-16-25-48-35/h16-17,20-23,25-30H,4-15,18-19,24H2,1-3H3. The fourth-order valence-corrected chi connectivity index (χ4v) is 15.5. The maximum absolute atomic E-state index is 2.67. The highest BCUT2D eigenvalue weighted by Gasteiger charge is 2.22. The Labute approximate surface area is 350 Å². The van der Waals surface area contributed by atoms with Crippen molar-refractivity contribution >= 4 is 99.8 Å². The molecule has 282 valence electrons. The molecule has 8 rings (SSSR count). The molecule has 0 aliphatic rings. The molecule has 0 atom stereocenters. The molecule has 0 aliphatic carbocycles. The van der Waals surface area contributed by atoms with Crippen LogP contribution in [-0.2, 0) is 19.4 Å². The topological polar surface area (TPSA) is 4.93 Å². The van der Waals surface area contributed by atoms with Crippen LogP contribution in [0.4, 0.5) is 0 Å². The molecular formula is C46H51NS7. The zero-order chi connectivity index (χ0) is 36.9. The molecule has 0 saturated heterocycles. The van der Waals surface area contributed by atoms with Gasteiger partial charge in [0.2, 0.25) is 0 Å². The third-order valence-corrected chi connectivity index (χ3v) is 19.0. The highest BCUT2D eigenvalue weighted by Crippen LogP contribution is 2.51. The van der Waals surface area contributed by atoms with Gasteiger partial charge in [0.05, 0.1) is 20.4 Å². The van der Waals surface area contributed by atoms with Gasteiger partial charge in [0, 0.05) is 55.3 Å². The van der Waals surface area contributed by atoms with E-state index in [0.29, 0.717) is 0 Å². The van der Waals surface area contributed by atoms with E-state index in [-0.39, 0.29) is 0 Å². The van der Waals surface area contributed by atoms with E-state index in [2.05, 4.69) is 96.8 Å². The van der Waals surface area contributed by atoms with E-state index in [4.69, 9.17) is 0 Å². The number of nitrogens with zero attached hydrogens (tertiary/aromatic N) is 1. The van der Waals surface area contributed by atoms with Crippen LogP contribution >= 0.6 is 79.4 Å². The van der Waals surface area contributed by atoms with Crippen molar-refractivity contribution in [3.8, 4) is 48.8 Å². The van der Waals surface area contributed by atoms with Gasteiger partial charge < -0.3 is 4.57 Å². The predicted molar refractivity (Wildman–Crippen MR) is 252 cm³/mol. The number of fused-ring (bicyclic) bond motifs is 3. The van der Waals surface area contributed by atoms with Gasteiger partial charge in [-0.25, -0.2) is 0 Å². The summed E-state index contributed by atoms with van der Waals surface area (Å²) in [6, 6.07) is 23.9. The predicted octanol–water partition coefficient (Wildman–Crippen LogP) is 18.4. The molecule has 1 nitrogen and oxygen atoms in total. The van der Waals surface area contributed by atoms with Crippen LogP contribution in [0.3, 0.4) is 0 Å². The summed E-state index contributed by atoms with van der Waals surface area (Å²) in [7, 11) is 0. The molecule has 8 heterocycles. The molecule has 0 radical (unpaired) electrons. The van der Waals surface area contributed by atoms with Crippen molar-refractivity contribution < 1.29 is 0 Å². The van der Waals surface area contributed by atoms with Gasteiger partial charge >= 0.3 is 0 Å². The van der Waals surface area contributed by atoms with Crippen LogP contribution in [-0.4, -0.2) is 4.57 Å². The van der Waals surface area contributed by atoms with E-state index in [9.17, 15) is 0 Å². The lowest BCUT2D eigenvalue weighted by Crippen LogP contribution is -1.96. The molecule has 8 heteroatoms. The van der Waals surface area contributed by atoms with Gasteiger partial charge in [-0.15, -0.1) is 79.4 Å². The second-order valence-corrected chi connectivity index (χ2v) is 21.7. The van der Waals surface area contributed by atoms with Crippen molar-refractivity contribution in [2.45, 2.75) is 117 Å². The second-order valence-electron chi connectivity index (χ2n) is 14.5. The monoisotopic (exact) mass is 841 g/mol. The summed E-state index contributed by atoms with van der Waals surface area (Å²) in [6.07, 6.45) is 17.9. The van der Waals surface area contributed by atoms with Crippen molar-refractivity contribution in [1.82, 2.24) is 4.57 Å². The summed E-state index contributed by atoms with van der Waals surface area (Å²) in [5.74, 6) is 0. The summed E-state index contributed by atoms with van der Waals surface area (Å²) < 4.78 is 5.63. The van der Waals surface area contributed by atoms with E-state index in [1.165, 1.54) is 158 Å². The molecule has 0 fully saturated rings. The number of hydrogen-bond acceptors (Lipinski definition) is 7. The third kappa shape index (κ3) is 8.37. The van der Waals surface area contributed by atoms with E-state index in [0.717, 1.165) is 13.0 Å². The van der Waals surface area contributed by atoms with Crippen LogP contribution in [0.2, 0.25) is 0 Å². The number of rotatable bonds is 20. The molecule has 8 aromatic rings. The lowest BCUT2D eigenvalue weighted by molar-refractivity contribution is 0.602. The van der Waals surface area contributed by atoms with Gasteiger partial charge in [0.15, 0.2) is 0 Å². The average Bonchev–Trinajstić information content (AvgIpc) is 4.03. The Balaban J connectivity index is 1.14. The summed E-state index contributed by atoms with van der Waals surface area (Å²) >= 11 is 13.8. The van der Waals surface area contributed by atoms with Crippen LogP contribution in [0.5, 0.6) is 0 Å². The summed E-state index contributed by atoms with van der Waals surface area (Å²) in [5.41, 5.74) is 5.97. The first-order valence-electron chi connectivity index (χ1n) is 20.1. The normalized spacial score (nSPS) is 12.0. The van der Waals surface area contributed by atoms with Crippen LogP contribution in [0.15, 0.2) is 71.4 Å². The molecule has 0 bridgehead atoms. The average molecular weight is 842 g/mol. The lowest BCUT2D eigenvalue weighted by Gasteiger charge is -2.06. The Kier molecular flexibility index (Phi) is 13.1. The van der Waals surface area contributed by atoms with E-state index >= 15 is 0 Å². The smallest absolute Gasteiger partial charge is 0.0708 e. The van der Waals surface area contributed by atoms with E-state index < -0.39 is 0 Å². The van der Waals surface area contributed by atoms with Gasteiger partial charge in [-0.2, -0.15) is 0 Å². The first-order chi connectivity index (χ1) is 26.6. The molecule has 0 amide bonds. The van der Waals surface area contributed by atoms with Gasteiger partial charge in [-0.3, -0.25) is 0 Å². The van der Waals surface area contributed by atoms with Crippen LogP contribution in [0.1, 0.15) is 109 Å². The summed E-state index contributed by atoms with van der Waals surface area (Å²) in [4.78, 5) is 14.4. The molecule has 54 heavy (non-hydrogen) atoms. The van der Waals surface area contributed by atoms with Crippen molar-refractivity contribution in [2.24, 2.45) is 0 Å². The van der Waals surface area contributed by atoms with Crippen LogP contribution < -0.4 is 0 Å². The largest absolute Gasteiger partial charge is 0.339 e. The minimum absolute atomic E-state index is 1.10. The van der Waals surface area contributed by atoms with E-state index in [1.54, 1.807) is 5.56 Å². The van der Waals surface area contributed by atoms with Gasteiger partial charge in [0.1, 0.15) is 0 Å². The quantitative estimate of drug-likeness (QED) is 0.0674. The zero-order valence-electron chi connectivity index (χ0n) is 31.8. The Bertz CT molecular complexity index is 2360. The van der Waals surface area contributed by atoms with Crippen molar-refractivity contribution in [3.63, 3.8) is 0 Å². The summed E-state index contributed by atoms with van der Waals surface area (Å²) in [6.45, 7) is 8.04. The van der Waals surface area contributed by atoms with Gasteiger partial charge in [-0.1, -0.05) is 90.7 Å². The number of aryl methyl sites for hydroxylation is 3. The summed E-state index contributed by atoms with van der Waals surface area (Å²) in [5, 5.41) is 4.43. The highest BCUT2D eigenvalue weighted by atomic mass is 32.1. The molecule has 0 unspecified atom stereocenters. The van der Waals surface area contributed by atoms with Crippen molar-refractivity contribution in [1.29, 1.82) is 0 Å². The highest BCUT2D eigenvalue weighted by molar-refractivity contribution is 7.33. The first kappa shape index (κ1) is 38.6. The van der Waals surface area contributed by atoms with E-state index in [1.807, 2.05) is 79.4 Å². The second kappa shape index (κ2) is 18.3. The third-order valence-electron chi connectivity index (χ3n) is 10.5. The Hall–Kier alpha value is -2.30. The minimum Gasteiger partial charge on any atom is -0.339 e. The fraction of sp³-hybridized carbons (Fsp3) is 0.391. The number of thiophene rings is 7.